The van der Waals surface area contributed by atoms with E-state index in [1.165, 1.54) is 25.1 Å². The van der Waals surface area contributed by atoms with Crippen LogP contribution in [0, 0.1) is 6.92 Å². The van der Waals surface area contributed by atoms with Gasteiger partial charge >= 0.3 is 0 Å². The molecule has 0 saturated carbocycles. The maximum absolute atomic E-state index is 5.78. The summed E-state index contributed by atoms with van der Waals surface area (Å²) in [7, 11) is 1.76. The molecule has 2 aromatic rings. The van der Waals surface area contributed by atoms with Crippen molar-refractivity contribution in [2.75, 3.05) is 51.3 Å². The number of piperidine rings is 1. The van der Waals surface area contributed by atoms with Crippen LogP contribution in [0.2, 0.25) is 0 Å². The van der Waals surface area contributed by atoms with Gasteiger partial charge in [-0.1, -0.05) is 12.1 Å². The van der Waals surface area contributed by atoms with Gasteiger partial charge in [0, 0.05) is 38.8 Å². The van der Waals surface area contributed by atoms with Gasteiger partial charge in [-0.15, -0.1) is 0 Å². The fourth-order valence-corrected chi connectivity index (χ4v) is 4.48. The van der Waals surface area contributed by atoms with E-state index in [4.69, 9.17) is 9.15 Å². The maximum Gasteiger partial charge on any atom is 0.142 e. The molecule has 1 atom stereocenters. The second kappa shape index (κ2) is 8.36. The highest BCUT2D eigenvalue weighted by Crippen LogP contribution is 2.29. The predicted octanol–water partition coefficient (Wildman–Crippen LogP) is 3.38. The second-order valence-corrected chi connectivity index (χ2v) is 7.74. The lowest BCUT2D eigenvalue weighted by molar-refractivity contribution is 0.0847. The minimum Gasteiger partial charge on any atom is -0.495 e. The van der Waals surface area contributed by atoms with Gasteiger partial charge < -0.3 is 14.1 Å². The van der Waals surface area contributed by atoms with Gasteiger partial charge in [0.05, 0.1) is 19.3 Å². The van der Waals surface area contributed by atoms with Gasteiger partial charge in [0.25, 0.3) is 0 Å². The first-order valence-electron chi connectivity index (χ1n) is 10.1. The number of methoxy groups -OCH3 is 1. The van der Waals surface area contributed by atoms with Crippen LogP contribution in [0.25, 0.3) is 0 Å². The first-order valence-corrected chi connectivity index (χ1v) is 10.1. The van der Waals surface area contributed by atoms with Gasteiger partial charge in [-0.2, -0.15) is 0 Å². The first-order chi connectivity index (χ1) is 13.2. The lowest BCUT2D eigenvalue weighted by atomic mass is 10.0. The average molecular weight is 370 g/mol. The monoisotopic (exact) mass is 369 g/mol. The van der Waals surface area contributed by atoms with E-state index in [0.717, 1.165) is 56.5 Å². The second-order valence-electron chi connectivity index (χ2n) is 7.74. The Balaban J connectivity index is 1.32. The van der Waals surface area contributed by atoms with E-state index in [0.29, 0.717) is 6.04 Å². The summed E-state index contributed by atoms with van der Waals surface area (Å²) in [5.41, 5.74) is 1.22. The fourth-order valence-electron chi connectivity index (χ4n) is 4.48. The highest BCUT2D eigenvalue weighted by molar-refractivity contribution is 5.58. The fraction of sp³-hybridized carbons (Fsp3) is 0.545. The van der Waals surface area contributed by atoms with E-state index >= 15 is 0 Å². The number of rotatable bonds is 5. The molecule has 1 aromatic heterocycles. The molecule has 146 valence electrons. The number of hydrogen-bond acceptors (Lipinski definition) is 5. The number of ether oxygens (including phenoxy) is 1. The van der Waals surface area contributed by atoms with Crippen molar-refractivity contribution in [3.63, 3.8) is 0 Å². The quantitative estimate of drug-likeness (QED) is 0.807. The summed E-state index contributed by atoms with van der Waals surface area (Å²) >= 11 is 0. The Kier molecular flexibility index (Phi) is 5.69. The summed E-state index contributed by atoms with van der Waals surface area (Å²) in [5, 5.41) is 0. The zero-order chi connectivity index (χ0) is 18.6. The number of piperazine rings is 1. The predicted molar refractivity (Wildman–Crippen MR) is 109 cm³/mol. The SMILES string of the molecule is COc1ccccc1N1CCN([C@@H]2CCCN(Cc3ccc(C)o3)C2)CC1. The van der Waals surface area contributed by atoms with Gasteiger partial charge in [-0.3, -0.25) is 9.80 Å². The summed E-state index contributed by atoms with van der Waals surface area (Å²) in [6, 6.07) is 13.2. The number of anilines is 1. The van der Waals surface area contributed by atoms with Gasteiger partial charge in [0.15, 0.2) is 0 Å². The van der Waals surface area contributed by atoms with Crippen molar-refractivity contribution in [2.24, 2.45) is 0 Å². The summed E-state index contributed by atoms with van der Waals surface area (Å²) in [4.78, 5) is 7.70. The normalized spacial score (nSPS) is 22.1. The highest BCUT2D eigenvalue weighted by atomic mass is 16.5. The molecule has 0 N–H and O–H groups in total. The lowest BCUT2D eigenvalue weighted by Crippen LogP contribution is -2.55. The molecular weight excluding hydrogens is 338 g/mol. The highest BCUT2D eigenvalue weighted by Gasteiger charge is 2.29. The Labute approximate surface area is 162 Å². The van der Waals surface area contributed by atoms with Crippen molar-refractivity contribution in [2.45, 2.75) is 32.4 Å². The zero-order valence-electron chi connectivity index (χ0n) is 16.6. The third-order valence-electron chi connectivity index (χ3n) is 5.91. The van der Waals surface area contributed by atoms with E-state index in [9.17, 15) is 0 Å². The van der Waals surface area contributed by atoms with Crippen LogP contribution in [0.5, 0.6) is 5.75 Å². The van der Waals surface area contributed by atoms with Crippen molar-refractivity contribution in [3.8, 4) is 5.75 Å². The maximum atomic E-state index is 5.78. The van der Waals surface area contributed by atoms with Gasteiger partial charge in [0.1, 0.15) is 17.3 Å². The molecule has 2 fully saturated rings. The van der Waals surface area contributed by atoms with Crippen LogP contribution in [0.15, 0.2) is 40.8 Å². The molecule has 0 spiro atoms. The molecule has 0 bridgehead atoms. The number of aryl methyl sites for hydroxylation is 1. The molecule has 0 amide bonds. The minimum absolute atomic E-state index is 0.662. The van der Waals surface area contributed by atoms with Crippen molar-refractivity contribution in [1.82, 2.24) is 9.80 Å². The molecule has 3 heterocycles. The Morgan fingerprint density at radius 1 is 1.04 bits per heavy atom. The Hall–Kier alpha value is -1.98. The van der Waals surface area contributed by atoms with Crippen LogP contribution in [-0.4, -0.2) is 62.2 Å². The van der Waals surface area contributed by atoms with E-state index in [1.807, 2.05) is 13.0 Å². The van der Waals surface area contributed by atoms with Crippen LogP contribution in [0.3, 0.4) is 0 Å². The molecule has 2 saturated heterocycles. The van der Waals surface area contributed by atoms with Crippen molar-refractivity contribution >= 4 is 5.69 Å². The van der Waals surface area contributed by atoms with E-state index < -0.39 is 0 Å². The van der Waals surface area contributed by atoms with Crippen LogP contribution >= 0.6 is 0 Å². The molecule has 1 aromatic carbocycles. The number of nitrogens with zero attached hydrogens (tertiary/aromatic N) is 3. The van der Waals surface area contributed by atoms with Crippen LogP contribution in [-0.2, 0) is 6.54 Å². The summed E-state index contributed by atoms with van der Waals surface area (Å²) in [5.74, 6) is 3.07. The summed E-state index contributed by atoms with van der Waals surface area (Å²) in [6.07, 6.45) is 2.58. The van der Waals surface area contributed by atoms with Crippen LogP contribution in [0.4, 0.5) is 5.69 Å². The Morgan fingerprint density at radius 3 is 2.59 bits per heavy atom. The third-order valence-corrected chi connectivity index (χ3v) is 5.91. The van der Waals surface area contributed by atoms with Crippen molar-refractivity contribution in [3.05, 3.63) is 47.9 Å². The molecular formula is C22H31N3O2. The minimum atomic E-state index is 0.662. The van der Waals surface area contributed by atoms with Crippen molar-refractivity contribution < 1.29 is 9.15 Å². The van der Waals surface area contributed by atoms with Crippen LogP contribution in [0.1, 0.15) is 24.4 Å². The number of para-hydroxylation sites is 2. The van der Waals surface area contributed by atoms with E-state index in [1.54, 1.807) is 7.11 Å². The molecule has 4 rings (SSSR count). The molecule has 5 heteroatoms. The third kappa shape index (κ3) is 4.30. The Bertz CT molecular complexity index is 737. The summed E-state index contributed by atoms with van der Waals surface area (Å²) < 4.78 is 11.3. The molecule has 2 aliphatic rings. The van der Waals surface area contributed by atoms with E-state index in [-0.39, 0.29) is 0 Å². The average Bonchev–Trinajstić information content (AvgIpc) is 3.13. The largest absolute Gasteiger partial charge is 0.495 e. The topological polar surface area (TPSA) is 32.1 Å². The lowest BCUT2D eigenvalue weighted by Gasteiger charge is -2.44. The van der Waals surface area contributed by atoms with Gasteiger partial charge in [-0.25, -0.2) is 0 Å². The molecule has 5 nitrogen and oxygen atoms in total. The Morgan fingerprint density at radius 2 is 1.85 bits per heavy atom. The van der Waals surface area contributed by atoms with Gasteiger partial charge in [-0.05, 0) is 50.6 Å². The van der Waals surface area contributed by atoms with Gasteiger partial charge in [0.2, 0.25) is 0 Å². The zero-order valence-corrected chi connectivity index (χ0v) is 16.6. The van der Waals surface area contributed by atoms with Crippen LogP contribution < -0.4 is 9.64 Å². The molecule has 0 unspecified atom stereocenters. The standard InChI is InChI=1S/C22H31N3O2/c1-18-9-10-20(27-18)17-23-11-5-6-19(16-23)24-12-14-25(15-13-24)21-7-3-4-8-22(21)26-2/h3-4,7-10,19H,5-6,11-17H2,1-2H3/t19-/m1/s1. The molecule has 0 aliphatic carbocycles. The number of likely N-dealkylation sites (tertiary alicyclic amines) is 1. The molecule has 2 aliphatic heterocycles. The first kappa shape index (κ1) is 18.4. The number of benzene rings is 1. The number of furan rings is 1. The number of hydrogen-bond donors (Lipinski definition) is 0. The van der Waals surface area contributed by atoms with E-state index in [2.05, 4.69) is 45.0 Å². The molecule has 0 radical (unpaired) electrons. The smallest absolute Gasteiger partial charge is 0.142 e. The summed E-state index contributed by atoms with van der Waals surface area (Å²) in [6.45, 7) is 9.65. The van der Waals surface area contributed by atoms with Crippen molar-refractivity contribution in [1.29, 1.82) is 0 Å². The molecule has 27 heavy (non-hydrogen) atoms.